The second-order valence-electron chi connectivity index (χ2n) is 6.90. The van der Waals surface area contributed by atoms with Crippen molar-refractivity contribution in [2.75, 3.05) is 31.1 Å². The monoisotopic (exact) mass is 421 g/mol. The Hall–Kier alpha value is -2.09. The van der Waals surface area contributed by atoms with Crippen LogP contribution in [-0.4, -0.2) is 51.4 Å². The maximum Gasteiger partial charge on any atom is 0.241 e. The van der Waals surface area contributed by atoms with Crippen molar-refractivity contribution in [1.29, 1.82) is 0 Å². The van der Waals surface area contributed by atoms with E-state index in [2.05, 4.69) is 9.62 Å². The molecule has 1 amide bonds. The SMILES string of the molecule is Cc1ccc(Cl)cc1N1CCN(C(=O)C(C)NS(=O)(=O)c2ccccc2)CC1. The molecular formula is C20H24ClN3O3S. The Bertz CT molecular complexity index is 942. The average molecular weight is 422 g/mol. The number of rotatable bonds is 5. The molecule has 1 unspecified atom stereocenters. The molecule has 6 nitrogen and oxygen atoms in total. The van der Waals surface area contributed by atoms with Crippen molar-refractivity contribution in [3.63, 3.8) is 0 Å². The third-order valence-corrected chi connectivity index (χ3v) is 6.65. The Kier molecular flexibility index (Phi) is 6.27. The molecule has 1 aliphatic rings. The number of nitrogens with one attached hydrogen (secondary N) is 1. The number of nitrogens with zero attached hydrogens (tertiary/aromatic N) is 2. The van der Waals surface area contributed by atoms with Gasteiger partial charge in [0, 0.05) is 36.9 Å². The van der Waals surface area contributed by atoms with Gasteiger partial charge in [0.2, 0.25) is 15.9 Å². The largest absolute Gasteiger partial charge is 0.368 e. The van der Waals surface area contributed by atoms with Crippen LogP contribution in [0.4, 0.5) is 5.69 Å². The van der Waals surface area contributed by atoms with Gasteiger partial charge >= 0.3 is 0 Å². The summed E-state index contributed by atoms with van der Waals surface area (Å²) in [5, 5.41) is 0.683. The summed E-state index contributed by atoms with van der Waals surface area (Å²) in [6, 6.07) is 13.0. The highest BCUT2D eigenvalue weighted by Crippen LogP contribution is 2.25. The molecule has 0 aromatic heterocycles. The minimum atomic E-state index is -3.73. The molecule has 1 heterocycles. The highest BCUT2D eigenvalue weighted by atomic mass is 35.5. The van der Waals surface area contributed by atoms with E-state index in [-0.39, 0.29) is 10.8 Å². The highest BCUT2D eigenvalue weighted by Gasteiger charge is 2.28. The molecule has 0 bridgehead atoms. The summed E-state index contributed by atoms with van der Waals surface area (Å²) >= 11 is 6.11. The first-order valence-electron chi connectivity index (χ1n) is 9.15. The molecular weight excluding hydrogens is 398 g/mol. The number of amides is 1. The van der Waals surface area contributed by atoms with Gasteiger partial charge in [-0.2, -0.15) is 4.72 Å². The average Bonchev–Trinajstić information content (AvgIpc) is 2.70. The van der Waals surface area contributed by atoms with Gasteiger partial charge in [0.1, 0.15) is 0 Å². The first-order valence-corrected chi connectivity index (χ1v) is 11.0. The second kappa shape index (κ2) is 8.51. The van der Waals surface area contributed by atoms with Gasteiger partial charge in [0.25, 0.3) is 0 Å². The van der Waals surface area contributed by atoms with Gasteiger partial charge in [-0.3, -0.25) is 4.79 Å². The summed E-state index contributed by atoms with van der Waals surface area (Å²) < 4.78 is 27.3. The molecule has 1 N–H and O–H groups in total. The van der Waals surface area contributed by atoms with Crippen LogP contribution >= 0.6 is 11.6 Å². The summed E-state index contributed by atoms with van der Waals surface area (Å²) in [6.07, 6.45) is 0. The van der Waals surface area contributed by atoms with Crippen LogP contribution in [0.1, 0.15) is 12.5 Å². The van der Waals surface area contributed by atoms with Crippen LogP contribution in [0.15, 0.2) is 53.4 Å². The van der Waals surface area contributed by atoms with Gasteiger partial charge < -0.3 is 9.80 Å². The van der Waals surface area contributed by atoms with E-state index >= 15 is 0 Å². The third-order valence-electron chi connectivity index (χ3n) is 4.86. The Morgan fingerprint density at radius 2 is 1.71 bits per heavy atom. The number of halogens is 1. The van der Waals surface area contributed by atoms with Gasteiger partial charge in [0.05, 0.1) is 10.9 Å². The summed E-state index contributed by atoms with van der Waals surface area (Å²) in [5.41, 5.74) is 2.20. The van der Waals surface area contributed by atoms with Gasteiger partial charge in [-0.15, -0.1) is 0 Å². The van der Waals surface area contributed by atoms with E-state index in [1.54, 1.807) is 30.0 Å². The Morgan fingerprint density at radius 3 is 2.36 bits per heavy atom. The van der Waals surface area contributed by atoms with Gasteiger partial charge in [0.15, 0.2) is 0 Å². The maximum atomic E-state index is 12.7. The van der Waals surface area contributed by atoms with Gasteiger partial charge in [-0.25, -0.2) is 8.42 Å². The van der Waals surface area contributed by atoms with Crippen molar-refractivity contribution in [1.82, 2.24) is 9.62 Å². The number of hydrogen-bond donors (Lipinski definition) is 1. The Labute approximate surface area is 171 Å². The minimum absolute atomic E-state index is 0.149. The van der Waals surface area contributed by atoms with Crippen molar-refractivity contribution < 1.29 is 13.2 Å². The predicted molar refractivity (Wildman–Crippen MR) is 111 cm³/mol. The van der Waals surface area contributed by atoms with E-state index < -0.39 is 16.1 Å². The summed E-state index contributed by atoms with van der Waals surface area (Å²) in [4.78, 5) is 16.8. The molecule has 0 spiro atoms. The van der Waals surface area contributed by atoms with Crippen LogP contribution in [0, 0.1) is 6.92 Å². The quantitative estimate of drug-likeness (QED) is 0.805. The lowest BCUT2D eigenvalue weighted by atomic mass is 10.1. The topological polar surface area (TPSA) is 69.7 Å². The molecule has 1 saturated heterocycles. The number of anilines is 1. The molecule has 1 aliphatic heterocycles. The fourth-order valence-electron chi connectivity index (χ4n) is 3.32. The molecule has 8 heteroatoms. The van der Waals surface area contributed by atoms with Crippen molar-refractivity contribution in [3.05, 3.63) is 59.1 Å². The molecule has 1 fully saturated rings. The lowest BCUT2D eigenvalue weighted by Crippen LogP contribution is -2.54. The van der Waals surface area contributed by atoms with E-state index in [1.807, 2.05) is 25.1 Å². The smallest absolute Gasteiger partial charge is 0.241 e. The van der Waals surface area contributed by atoms with E-state index in [4.69, 9.17) is 11.6 Å². The van der Waals surface area contributed by atoms with Crippen LogP contribution in [0.2, 0.25) is 5.02 Å². The van der Waals surface area contributed by atoms with Crippen molar-refractivity contribution in [3.8, 4) is 0 Å². The van der Waals surface area contributed by atoms with Crippen LogP contribution in [0.3, 0.4) is 0 Å². The van der Waals surface area contributed by atoms with Crippen LogP contribution in [0.5, 0.6) is 0 Å². The zero-order chi connectivity index (χ0) is 20.3. The maximum absolute atomic E-state index is 12.7. The molecule has 2 aromatic carbocycles. The first-order chi connectivity index (χ1) is 13.3. The first kappa shape index (κ1) is 20.6. The fraction of sp³-hybridized carbons (Fsp3) is 0.350. The summed E-state index contributed by atoms with van der Waals surface area (Å²) in [7, 11) is -3.73. The van der Waals surface area contributed by atoms with Crippen LogP contribution < -0.4 is 9.62 Å². The number of carbonyl (C=O) groups is 1. The van der Waals surface area contributed by atoms with Crippen molar-refractivity contribution >= 4 is 33.2 Å². The summed E-state index contributed by atoms with van der Waals surface area (Å²) in [5.74, 6) is -0.220. The fourth-order valence-corrected chi connectivity index (χ4v) is 4.70. The molecule has 0 radical (unpaired) electrons. The van der Waals surface area contributed by atoms with Gasteiger partial charge in [-0.1, -0.05) is 35.9 Å². The van der Waals surface area contributed by atoms with Crippen LogP contribution in [-0.2, 0) is 14.8 Å². The van der Waals surface area contributed by atoms with E-state index in [1.165, 1.54) is 12.1 Å². The number of carbonyl (C=O) groups excluding carboxylic acids is 1. The lowest BCUT2D eigenvalue weighted by molar-refractivity contribution is -0.132. The number of aryl methyl sites for hydroxylation is 1. The number of sulfonamides is 1. The normalized spacial score (nSPS) is 16.1. The van der Waals surface area contributed by atoms with E-state index in [9.17, 15) is 13.2 Å². The molecule has 28 heavy (non-hydrogen) atoms. The zero-order valence-corrected chi connectivity index (χ0v) is 17.5. The standard InChI is InChI=1S/C20H24ClN3O3S/c1-15-8-9-17(21)14-19(15)23-10-12-24(13-11-23)20(25)16(2)22-28(26,27)18-6-4-3-5-7-18/h3-9,14,16,22H,10-13H2,1-2H3. The number of benzene rings is 2. The van der Waals surface area contributed by atoms with Crippen molar-refractivity contribution in [2.24, 2.45) is 0 Å². The molecule has 1 atom stereocenters. The van der Waals surface area contributed by atoms with Crippen molar-refractivity contribution in [2.45, 2.75) is 24.8 Å². The van der Waals surface area contributed by atoms with E-state index in [0.717, 1.165) is 11.3 Å². The lowest BCUT2D eigenvalue weighted by Gasteiger charge is -2.37. The van der Waals surface area contributed by atoms with E-state index in [0.29, 0.717) is 31.2 Å². The zero-order valence-electron chi connectivity index (χ0n) is 15.9. The summed E-state index contributed by atoms with van der Waals surface area (Å²) in [6.45, 7) is 6.01. The molecule has 3 rings (SSSR count). The van der Waals surface area contributed by atoms with Crippen LogP contribution in [0.25, 0.3) is 0 Å². The second-order valence-corrected chi connectivity index (χ2v) is 9.05. The molecule has 0 saturated carbocycles. The Morgan fingerprint density at radius 1 is 1.07 bits per heavy atom. The Balaban J connectivity index is 1.61. The molecule has 150 valence electrons. The molecule has 2 aromatic rings. The predicted octanol–water partition coefficient (Wildman–Crippen LogP) is 2.66. The number of piperazine rings is 1. The number of hydrogen-bond acceptors (Lipinski definition) is 4. The van der Waals surface area contributed by atoms with Gasteiger partial charge in [-0.05, 0) is 43.7 Å². The highest BCUT2D eigenvalue weighted by molar-refractivity contribution is 7.89. The third kappa shape index (κ3) is 4.66. The molecule has 0 aliphatic carbocycles. The minimum Gasteiger partial charge on any atom is -0.368 e.